The van der Waals surface area contributed by atoms with Gasteiger partial charge in [0.1, 0.15) is 0 Å². The lowest BCUT2D eigenvalue weighted by Crippen LogP contribution is -2.43. The maximum atomic E-state index is 5.09. The van der Waals surface area contributed by atoms with E-state index < -0.39 is 0 Å². The average molecular weight is 353 g/mol. The molecule has 25 heavy (non-hydrogen) atoms. The lowest BCUT2D eigenvalue weighted by molar-refractivity contribution is 0.161. The molecule has 1 unspecified atom stereocenters. The molecule has 1 aromatic rings. The van der Waals surface area contributed by atoms with Gasteiger partial charge in [0.15, 0.2) is 5.96 Å². The Morgan fingerprint density at radius 3 is 2.64 bits per heavy atom. The third-order valence-electron chi connectivity index (χ3n) is 4.46. The fourth-order valence-electron chi connectivity index (χ4n) is 2.81. The summed E-state index contributed by atoms with van der Waals surface area (Å²) in [5.41, 5.74) is 3.65. The van der Waals surface area contributed by atoms with Gasteiger partial charge in [-0.05, 0) is 52.8 Å². The number of aryl methyl sites for hydroxylation is 2. The standard InChI is InChI=1S/C18H36N6O/c1-14(13-17-15(2)22-24(6)16(17)3)21-18(19-4)20-9-8-10-23(5)11-12-25-7/h14H,8-13H2,1-7H3,(H2,19,20,21). The monoisotopic (exact) mass is 352 g/mol. The van der Waals surface area contributed by atoms with Crippen LogP contribution in [-0.4, -0.2) is 74.1 Å². The predicted molar refractivity (Wildman–Crippen MR) is 104 cm³/mol. The number of methoxy groups -OCH3 is 1. The minimum Gasteiger partial charge on any atom is -0.383 e. The molecule has 1 heterocycles. The molecule has 0 amide bonds. The molecule has 0 spiro atoms. The number of guanidine groups is 1. The van der Waals surface area contributed by atoms with Gasteiger partial charge < -0.3 is 20.3 Å². The number of nitrogens with zero attached hydrogens (tertiary/aromatic N) is 4. The van der Waals surface area contributed by atoms with E-state index in [2.05, 4.69) is 53.4 Å². The summed E-state index contributed by atoms with van der Waals surface area (Å²) in [7, 11) is 7.66. The molecular weight excluding hydrogens is 316 g/mol. The first kappa shape index (κ1) is 21.4. The fourth-order valence-corrected chi connectivity index (χ4v) is 2.81. The van der Waals surface area contributed by atoms with Gasteiger partial charge in [-0.15, -0.1) is 0 Å². The third kappa shape index (κ3) is 7.44. The van der Waals surface area contributed by atoms with Crippen LogP contribution < -0.4 is 10.6 Å². The summed E-state index contributed by atoms with van der Waals surface area (Å²) in [6.45, 7) is 10.0. The van der Waals surface area contributed by atoms with E-state index in [4.69, 9.17) is 4.74 Å². The second kappa shape index (κ2) is 11.1. The van der Waals surface area contributed by atoms with E-state index in [1.54, 1.807) is 7.11 Å². The van der Waals surface area contributed by atoms with Crippen LogP contribution in [0.25, 0.3) is 0 Å². The van der Waals surface area contributed by atoms with E-state index in [0.717, 1.165) is 50.7 Å². The van der Waals surface area contributed by atoms with Crippen molar-refractivity contribution in [1.29, 1.82) is 0 Å². The van der Waals surface area contributed by atoms with E-state index in [-0.39, 0.29) is 6.04 Å². The Morgan fingerprint density at radius 2 is 2.08 bits per heavy atom. The van der Waals surface area contributed by atoms with Crippen LogP contribution in [-0.2, 0) is 18.2 Å². The largest absolute Gasteiger partial charge is 0.383 e. The Morgan fingerprint density at radius 1 is 1.36 bits per heavy atom. The Bertz CT molecular complexity index is 540. The first-order chi connectivity index (χ1) is 11.9. The van der Waals surface area contributed by atoms with Crippen molar-refractivity contribution >= 4 is 5.96 Å². The molecule has 0 fully saturated rings. The highest BCUT2D eigenvalue weighted by Gasteiger charge is 2.13. The Hall–Kier alpha value is -1.60. The summed E-state index contributed by atoms with van der Waals surface area (Å²) in [5, 5.41) is 11.4. The summed E-state index contributed by atoms with van der Waals surface area (Å²) in [4.78, 5) is 6.60. The van der Waals surface area contributed by atoms with Crippen LogP contribution in [0, 0.1) is 13.8 Å². The molecule has 0 saturated heterocycles. The zero-order valence-corrected chi connectivity index (χ0v) is 17.0. The van der Waals surface area contributed by atoms with Crippen molar-refractivity contribution in [2.75, 3.05) is 47.4 Å². The Balaban J connectivity index is 2.35. The van der Waals surface area contributed by atoms with Gasteiger partial charge >= 0.3 is 0 Å². The number of rotatable bonds is 10. The number of likely N-dealkylation sites (N-methyl/N-ethyl adjacent to an activating group) is 1. The quantitative estimate of drug-likeness (QED) is 0.375. The highest BCUT2D eigenvalue weighted by atomic mass is 16.5. The van der Waals surface area contributed by atoms with Crippen LogP contribution >= 0.6 is 0 Å². The van der Waals surface area contributed by atoms with Gasteiger partial charge in [0, 0.05) is 46.0 Å². The molecule has 0 radical (unpaired) electrons. The molecule has 0 aliphatic rings. The van der Waals surface area contributed by atoms with E-state index in [0.29, 0.717) is 0 Å². The molecule has 2 N–H and O–H groups in total. The van der Waals surface area contributed by atoms with E-state index in [1.165, 1.54) is 11.3 Å². The molecular formula is C18H36N6O. The topological polar surface area (TPSA) is 66.7 Å². The summed E-state index contributed by atoms with van der Waals surface area (Å²) >= 11 is 0. The third-order valence-corrected chi connectivity index (χ3v) is 4.46. The normalized spacial score (nSPS) is 13.4. The second-order valence-corrected chi connectivity index (χ2v) is 6.67. The molecule has 1 rings (SSSR count). The molecule has 7 nitrogen and oxygen atoms in total. The second-order valence-electron chi connectivity index (χ2n) is 6.67. The van der Waals surface area contributed by atoms with Crippen LogP contribution in [0.3, 0.4) is 0 Å². The van der Waals surface area contributed by atoms with Crippen molar-refractivity contribution in [2.45, 2.75) is 39.7 Å². The molecule has 7 heteroatoms. The number of hydrogen-bond acceptors (Lipinski definition) is 4. The molecule has 1 atom stereocenters. The number of hydrogen-bond donors (Lipinski definition) is 2. The van der Waals surface area contributed by atoms with Gasteiger partial charge in [0.05, 0.1) is 12.3 Å². The zero-order valence-electron chi connectivity index (χ0n) is 17.0. The van der Waals surface area contributed by atoms with Crippen LogP contribution in [0.15, 0.2) is 4.99 Å². The average Bonchev–Trinajstić information content (AvgIpc) is 2.81. The highest BCUT2D eigenvalue weighted by molar-refractivity contribution is 5.79. The van der Waals surface area contributed by atoms with Crippen molar-refractivity contribution < 1.29 is 4.74 Å². The molecule has 0 aliphatic carbocycles. The van der Waals surface area contributed by atoms with Gasteiger partial charge in [-0.2, -0.15) is 5.10 Å². The van der Waals surface area contributed by atoms with Crippen molar-refractivity contribution in [3.63, 3.8) is 0 Å². The minimum absolute atomic E-state index is 0.289. The molecule has 0 aliphatic heterocycles. The van der Waals surface area contributed by atoms with Gasteiger partial charge in [0.25, 0.3) is 0 Å². The zero-order chi connectivity index (χ0) is 18.8. The van der Waals surface area contributed by atoms with Crippen molar-refractivity contribution in [3.05, 3.63) is 17.0 Å². The molecule has 0 bridgehead atoms. The van der Waals surface area contributed by atoms with Gasteiger partial charge in [-0.1, -0.05) is 0 Å². The van der Waals surface area contributed by atoms with E-state index in [9.17, 15) is 0 Å². The first-order valence-corrected chi connectivity index (χ1v) is 9.02. The summed E-state index contributed by atoms with van der Waals surface area (Å²) in [6, 6.07) is 0.289. The van der Waals surface area contributed by atoms with Crippen LogP contribution in [0.1, 0.15) is 30.3 Å². The first-order valence-electron chi connectivity index (χ1n) is 9.02. The lowest BCUT2D eigenvalue weighted by atomic mass is 10.1. The summed E-state index contributed by atoms with van der Waals surface area (Å²) < 4.78 is 7.04. The lowest BCUT2D eigenvalue weighted by Gasteiger charge is -2.19. The van der Waals surface area contributed by atoms with Gasteiger partial charge in [0.2, 0.25) is 0 Å². The summed E-state index contributed by atoms with van der Waals surface area (Å²) in [5.74, 6) is 0.853. The number of nitrogens with one attached hydrogen (secondary N) is 2. The number of ether oxygens (including phenoxy) is 1. The molecule has 0 saturated carbocycles. The van der Waals surface area contributed by atoms with Crippen molar-refractivity contribution in [1.82, 2.24) is 25.3 Å². The Kier molecular flexibility index (Phi) is 9.52. The maximum Gasteiger partial charge on any atom is 0.191 e. The molecule has 0 aromatic carbocycles. The van der Waals surface area contributed by atoms with Gasteiger partial charge in [-0.3, -0.25) is 9.67 Å². The summed E-state index contributed by atoms with van der Waals surface area (Å²) in [6.07, 6.45) is 2.00. The fraction of sp³-hybridized carbons (Fsp3) is 0.778. The van der Waals surface area contributed by atoms with Gasteiger partial charge in [-0.25, -0.2) is 0 Å². The smallest absolute Gasteiger partial charge is 0.191 e. The van der Waals surface area contributed by atoms with Crippen molar-refractivity contribution in [3.8, 4) is 0 Å². The molecule has 144 valence electrons. The number of aliphatic imine (C=N–C) groups is 1. The van der Waals surface area contributed by atoms with Crippen LogP contribution in [0.4, 0.5) is 0 Å². The predicted octanol–water partition coefficient (Wildman–Crippen LogP) is 1.10. The van der Waals surface area contributed by atoms with Crippen LogP contribution in [0.5, 0.6) is 0 Å². The maximum absolute atomic E-state index is 5.09. The Labute approximate surface area is 152 Å². The van der Waals surface area contributed by atoms with Crippen molar-refractivity contribution in [2.24, 2.45) is 12.0 Å². The van der Waals surface area contributed by atoms with E-state index >= 15 is 0 Å². The SMILES string of the molecule is CN=C(NCCCN(C)CCOC)NC(C)Cc1c(C)nn(C)c1C. The van der Waals surface area contributed by atoms with E-state index in [1.807, 2.05) is 18.8 Å². The van der Waals surface area contributed by atoms with Crippen LogP contribution in [0.2, 0.25) is 0 Å². The molecule has 1 aromatic heterocycles. The highest BCUT2D eigenvalue weighted by Crippen LogP contribution is 2.14. The number of aromatic nitrogens is 2. The minimum atomic E-state index is 0.289.